The molecule has 8 nitrogen and oxygen atoms in total. The highest BCUT2D eigenvalue weighted by Gasteiger charge is 2.36. The van der Waals surface area contributed by atoms with Crippen molar-refractivity contribution in [3.8, 4) is 5.75 Å². The smallest absolute Gasteiger partial charge is 0.338 e. The van der Waals surface area contributed by atoms with Crippen molar-refractivity contribution in [2.45, 2.75) is 64.7 Å². The Morgan fingerprint density at radius 3 is 2.74 bits per heavy atom. The predicted octanol–water partition coefficient (Wildman–Crippen LogP) is 4.73. The highest BCUT2D eigenvalue weighted by molar-refractivity contribution is 5.92. The van der Waals surface area contributed by atoms with E-state index in [4.69, 9.17) is 9.47 Å². The first-order chi connectivity index (χ1) is 16.6. The molecule has 1 N–H and O–H groups in total. The summed E-state index contributed by atoms with van der Waals surface area (Å²) >= 11 is 0. The number of benzene rings is 2. The van der Waals surface area contributed by atoms with E-state index >= 15 is 0 Å². The zero-order valence-electron chi connectivity index (χ0n) is 19.5. The van der Waals surface area contributed by atoms with Crippen LogP contribution >= 0.6 is 0 Å². The molecule has 1 aliphatic heterocycles. The number of hydrogen-bond acceptors (Lipinski definition) is 7. The maximum Gasteiger partial charge on any atom is 0.338 e. The van der Waals surface area contributed by atoms with Crippen LogP contribution in [0.15, 0.2) is 59.8 Å². The van der Waals surface area contributed by atoms with E-state index < -0.39 is 6.04 Å². The molecule has 1 aliphatic carbocycles. The van der Waals surface area contributed by atoms with Crippen LogP contribution < -0.4 is 10.1 Å². The lowest BCUT2D eigenvalue weighted by atomic mass is 9.94. The van der Waals surface area contributed by atoms with Gasteiger partial charge in [-0.25, -0.2) is 4.79 Å². The van der Waals surface area contributed by atoms with Crippen LogP contribution in [0.3, 0.4) is 0 Å². The Morgan fingerprint density at radius 1 is 1.09 bits per heavy atom. The van der Waals surface area contributed by atoms with Gasteiger partial charge in [-0.2, -0.15) is 4.68 Å². The van der Waals surface area contributed by atoms with Crippen molar-refractivity contribution >= 4 is 11.9 Å². The second-order valence-corrected chi connectivity index (χ2v) is 8.97. The third-order valence-electron chi connectivity index (χ3n) is 6.59. The van der Waals surface area contributed by atoms with Crippen molar-refractivity contribution < 1.29 is 14.3 Å². The van der Waals surface area contributed by atoms with Gasteiger partial charge in [0.2, 0.25) is 5.95 Å². The van der Waals surface area contributed by atoms with Crippen molar-refractivity contribution in [1.29, 1.82) is 0 Å². The molecule has 8 heteroatoms. The zero-order valence-corrected chi connectivity index (χ0v) is 19.5. The summed E-state index contributed by atoms with van der Waals surface area (Å²) in [6.07, 6.45) is 5.16. The number of carbonyl (C=O) groups is 1. The molecule has 34 heavy (non-hydrogen) atoms. The molecule has 0 amide bonds. The topological polar surface area (TPSA) is 91.2 Å². The van der Waals surface area contributed by atoms with Gasteiger partial charge in [-0.05, 0) is 78.8 Å². The molecule has 2 heterocycles. The van der Waals surface area contributed by atoms with E-state index in [0.717, 1.165) is 36.8 Å². The minimum Gasteiger partial charge on any atom is -0.489 e. The average molecular weight is 460 g/mol. The minimum atomic E-state index is -0.510. The number of aryl methyl sites for hydroxylation is 1. The van der Waals surface area contributed by atoms with Gasteiger partial charge in [-0.3, -0.25) is 0 Å². The number of aromatic nitrogens is 4. The Morgan fingerprint density at radius 2 is 1.91 bits per heavy atom. The quantitative estimate of drug-likeness (QED) is 0.533. The number of anilines is 1. The van der Waals surface area contributed by atoms with Crippen LogP contribution in [0.5, 0.6) is 5.75 Å². The van der Waals surface area contributed by atoms with Crippen LogP contribution in [0.2, 0.25) is 0 Å². The van der Waals surface area contributed by atoms with Crippen LogP contribution in [0.4, 0.5) is 5.95 Å². The summed E-state index contributed by atoms with van der Waals surface area (Å²) in [5.74, 6) is 0.879. The summed E-state index contributed by atoms with van der Waals surface area (Å²) in [6.45, 7) is 4.40. The van der Waals surface area contributed by atoms with Crippen LogP contribution in [0.25, 0.3) is 0 Å². The molecule has 0 spiro atoms. The van der Waals surface area contributed by atoms with Crippen LogP contribution in [-0.2, 0) is 16.1 Å². The molecular formula is C26H29N5O3. The fraction of sp³-hybridized carbons (Fsp3) is 0.385. The normalized spacial score (nSPS) is 18.2. The first-order valence-corrected chi connectivity index (χ1v) is 11.8. The van der Waals surface area contributed by atoms with Gasteiger partial charge in [0.05, 0.1) is 5.57 Å². The van der Waals surface area contributed by atoms with Gasteiger partial charge in [0.1, 0.15) is 24.5 Å². The van der Waals surface area contributed by atoms with Gasteiger partial charge in [-0.15, -0.1) is 0 Å². The summed E-state index contributed by atoms with van der Waals surface area (Å²) in [6, 6.07) is 15.4. The molecule has 0 radical (unpaired) electrons. The monoisotopic (exact) mass is 459 g/mol. The van der Waals surface area contributed by atoms with Gasteiger partial charge >= 0.3 is 5.97 Å². The zero-order chi connectivity index (χ0) is 23.5. The molecule has 1 saturated carbocycles. The van der Waals surface area contributed by atoms with E-state index in [2.05, 4.69) is 39.9 Å². The average Bonchev–Trinajstić information content (AvgIpc) is 3.31. The maximum absolute atomic E-state index is 13.4. The van der Waals surface area contributed by atoms with Gasteiger partial charge in [0, 0.05) is 5.70 Å². The third-order valence-corrected chi connectivity index (χ3v) is 6.59. The standard InChI is InChI=1S/C26H29N5O3/c1-17-9-6-7-10-20(17)16-33-22-14-8-11-19(15-22)24-23(18(2)27-26-28-29-30-31(24)26)25(32)34-21-12-4-3-5-13-21/h6-11,14-15,21,24H,3-5,12-13,16H2,1-2H3,(H,27,28,30). The van der Waals surface area contributed by atoms with Crippen molar-refractivity contribution in [3.05, 3.63) is 76.5 Å². The number of rotatable bonds is 6. The van der Waals surface area contributed by atoms with Crippen LogP contribution in [-0.4, -0.2) is 32.3 Å². The Balaban J connectivity index is 1.43. The summed E-state index contributed by atoms with van der Waals surface area (Å²) in [7, 11) is 0. The molecule has 1 fully saturated rings. The van der Waals surface area contributed by atoms with E-state index in [1.165, 1.54) is 12.0 Å². The maximum atomic E-state index is 13.4. The van der Waals surface area contributed by atoms with Crippen molar-refractivity contribution in [2.24, 2.45) is 0 Å². The molecule has 2 aromatic carbocycles. The summed E-state index contributed by atoms with van der Waals surface area (Å²) in [5.41, 5.74) is 4.37. The van der Waals surface area contributed by atoms with Gasteiger partial charge in [0.15, 0.2) is 0 Å². The van der Waals surface area contributed by atoms with Crippen molar-refractivity contribution in [2.75, 3.05) is 5.32 Å². The van der Waals surface area contributed by atoms with Gasteiger partial charge in [-0.1, -0.05) is 47.9 Å². The third kappa shape index (κ3) is 4.53. The predicted molar refractivity (Wildman–Crippen MR) is 127 cm³/mol. The molecule has 0 saturated heterocycles. The lowest BCUT2D eigenvalue weighted by Gasteiger charge is -2.29. The second kappa shape index (κ2) is 9.67. The second-order valence-electron chi connectivity index (χ2n) is 8.97. The SMILES string of the molecule is CC1=C(C(=O)OC2CCCCC2)C(c2cccc(OCc3ccccc3C)c2)n2nnnc2N1. The lowest BCUT2D eigenvalue weighted by Crippen LogP contribution is -2.32. The van der Waals surface area contributed by atoms with Crippen LogP contribution in [0, 0.1) is 6.92 Å². The number of esters is 1. The first-order valence-electron chi connectivity index (χ1n) is 11.8. The molecule has 2 aliphatic rings. The van der Waals surface area contributed by atoms with Crippen molar-refractivity contribution in [3.63, 3.8) is 0 Å². The van der Waals surface area contributed by atoms with E-state index in [1.807, 2.05) is 43.3 Å². The van der Waals surface area contributed by atoms with Gasteiger partial charge in [0.25, 0.3) is 0 Å². The largest absolute Gasteiger partial charge is 0.489 e. The first kappa shape index (κ1) is 22.1. The number of nitrogens with zero attached hydrogens (tertiary/aromatic N) is 4. The van der Waals surface area contributed by atoms with E-state index in [9.17, 15) is 4.79 Å². The molecular weight excluding hydrogens is 430 g/mol. The number of hydrogen-bond donors (Lipinski definition) is 1. The molecule has 3 aromatic rings. The molecule has 176 valence electrons. The Bertz CT molecular complexity index is 1210. The van der Waals surface area contributed by atoms with E-state index in [1.54, 1.807) is 4.68 Å². The fourth-order valence-electron chi connectivity index (χ4n) is 4.69. The molecule has 1 aromatic heterocycles. The number of ether oxygens (including phenoxy) is 2. The lowest BCUT2D eigenvalue weighted by molar-refractivity contribution is -0.146. The Kier molecular flexibility index (Phi) is 6.29. The van der Waals surface area contributed by atoms with E-state index in [0.29, 0.717) is 29.6 Å². The number of tetrazole rings is 1. The molecule has 1 unspecified atom stereocenters. The fourth-order valence-corrected chi connectivity index (χ4v) is 4.69. The van der Waals surface area contributed by atoms with Gasteiger partial charge < -0.3 is 14.8 Å². The summed E-state index contributed by atoms with van der Waals surface area (Å²) in [5, 5.41) is 15.2. The highest BCUT2D eigenvalue weighted by Crippen LogP contribution is 2.37. The molecule has 5 rings (SSSR count). The summed E-state index contributed by atoms with van der Waals surface area (Å²) < 4.78 is 13.7. The van der Waals surface area contributed by atoms with E-state index in [-0.39, 0.29) is 12.1 Å². The minimum absolute atomic E-state index is 0.0405. The molecule has 1 atom stereocenters. The van der Waals surface area contributed by atoms with Crippen molar-refractivity contribution in [1.82, 2.24) is 20.2 Å². The summed E-state index contributed by atoms with van der Waals surface area (Å²) in [4.78, 5) is 13.4. The van der Waals surface area contributed by atoms with Crippen LogP contribution in [0.1, 0.15) is 61.8 Å². The number of carbonyl (C=O) groups excluding carboxylic acids is 1. The highest BCUT2D eigenvalue weighted by atomic mass is 16.5. The Hall–Kier alpha value is -3.68. The number of nitrogens with one attached hydrogen (secondary N) is 1. The number of allylic oxidation sites excluding steroid dienone is 1. The molecule has 0 bridgehead atoms. The Labute approximate surface area is 199 Å². The number of fused-ring (bicyclic) bond motifs is 1.